The molecule has 0 aliphatic carbocycles. The summed E-state index contributed by atoms with van der Waals surface area (Å²) in [5.41, 5.74) is 1.89. The Bertz CT molecular complexity index is 762. The van der Waals surface area contributed by atoms with E-state index in [1.807, 2.05) is 45.0 Å². The SMILES string of the molecule is CC[C@H](C)[C@H](NC(=O)CSc1nnc(-c2ccccc2C)o1)C(=O)OC. The molecule has 26 heavy (non-hydrogen) atoms. The average molecular weight is 377 g/mol. The number of thioether (sulfide) groups is 1. The van der Waals surface area contributed by atoms with Crippen LogP contribution in [0.2, 0.25) is 0 Å². The standard InChI is InChI=1S/C18H23N3O4S/c1-5-11(2)15(17(23)24-4)19-14(22)10-26-18-21-20-16(25-18)13-9-7-6-8-12(13)3/h6-9,11,15H,5,10H2,1-4H3,(H,19,22)/t11-,15-/m0/s1. The summed E-state index contributed by atoms with van der Waals surface area (Å²) in [6.07, 6.45) is 0.747. The number of hydrogen-bond donors (Lipinski definition) is 1. The molecule has 1 aromatic heterocycles. The third-order valence-corrected chi connectivity index (χ3v) is 4.91. The second-order valence-electron chi connectivity index (χ2n) is 5.93. The van der Waals surface area contributed by atoms with E-state index in [0.29, 0.717) is 11.1 Å². The monoisotopic (exact) mass is 377 g/mol. The number of carbonyl (C=O) groups is 2. The molecular formula is C18H23N3O4S. The number of rotatable bonds is 8. The number of ether oxygens (including phenoxy) is 1. The van der Waals surface area contributed by atoms with Crippen LogP contribution in [-0.4, -0.2) is 41.0 Å². The molecule has 0 saturated heterocycles. The summed E-state index contributed by atoms with van der Waals surface area (Å²) < 4.78 is 10.4. The zero-order chi connectivity index (χ0) is 19.1. The number of benzene rings is 1. The van der Waals surface area contributed by atoms with Crippen LogP contribution >= 0.6 is 11.8 Å². The van der Waals surface area contributed by atoms with Gasteiger partial charge in [0.25, 0.3) is 5.22 Å². The van der Waals surface area contributed by atoms with Gasteiger partial charge in [0.05, 0.1) is 12.9 Å². The predicted octanol–water partition coefficient (Wildman–Crippen LogP) is 2.84. The van der Waals surface area contributed by atoms with Crippen LogP contribution in [-0.2, 0) is 14.3 Å². The number of esters is 1. The van der Waals surface area contributed by atoms with Crippen molar-refractivity contribution in [2.45, 2.75) is 38.5 Å². The molecule has 0 radical (unpaired) electrons. The molecule has 2 rings (SSSR count). The first-order valence-corrected chi connectivity index (χ1v) is 9.34. The van der Waals surface area contributed by atoms with Crippen molar-refractivity contribution in [2.75, 3.05) is 12.9 Å². The maximum absolute atomic E-state index is 12.2. The fourth-order valence-electron chi connectivity index (χ4n) is 2.33. The third-order valence-electron chi connectivity index (χ3n) is 4.09. The first-order valence-electron chi connectivity index (χ1n) is 8.35. The summed E-state index contributed by atoms with van der Waals surface area (Å²) in [6, 6.07) is 7.03. The minimum atomic E-state index is -0.664. The Balaban J connectivity index is 1.95. The van der Waals surface area contributed by atoms with Gasteiger partial charge < -0.3 is 14.5 Å². The summed E-state index contributed by atoms with van der Waals surface area (Å²) in [5.74, 6) is -0.275. The number of methoxy groups -OCH3 is 1. The van der Waals surface area contributed by atoms with E-state index in [4.69, 9.17) is 9.15 Å². The molecule has 0 fully saturated rings. The van der Waals surface area contributed by atoms with Crippen LogP contribution in [0.15, 0.2) is 33.9 Å². The second kappa shape index (κ2) is 9.38. The fourth-order valence-corrected chi connectivity index (χ4v) is 2.90. The molecule has 0 unspecified atom stereocenters. The van der Waals surface area contributed by atoms with Crippen LogP contribution in [0.3, 0.4) is 0 Å². The number of aryl methyl sites for hydroxylation is 1. The highest BCUT2D eigenvalue weighted by Gasteiger charge is 2.26. The van der Waals surface area contributed by atoms with Crippen molar-refractivity contribution in [3.8, 4) is 11.5 Å². The quantitative estimate of drug-likeness (QED) is 0.558. The highest BCUT2D eigenvalue weighted by Crippen LogP contribution is 2.25. The first kappa shape index (κ1) is 20.0. The molecule has 2 atom stereocenters. The first-order chi connectivity index (χ1) is 12.5. The molecular weight excluding hydrogens is 354 g/mol. The maximum Gasteiger partial charge on any atom is 0.328 e. The fraction of sp³-hybridized carbons (Fsp3) is 0.444. The van der Waals surface area contributed by atoms with Gasteiger partial charge in [-0.2, -0.15) is 0 Å². The molecule has 0 aliphatic rings. The lowest BCUT2D eigenvalue weighted by molar-refractivity contribution is -0.146. The number of carbonyl (C=O) groups excluding carboxylic acids is 2. The smallest absolute Gasteiger partial charge is 0.328 e. The minimum absolute atomic E-state index is 0.0209. The van der Waals surface area contributed by atoms with Crippen LogP contribution in [0.4, 0.5) is 0 Å². The average Bonchev–Trinajstić information content (AvgIpc) is 3.12. The lowest BCUT2D eigenvalue weighted by atomic mass is 9.99. The van der Waals surface area contributed by atoms with Crippen LogP contribution in [0.1, 0.15) is 25.8 Å². The Morgan fingerprint density at radius 2 is 2.04 bits per heavy atom. The zero-order valence-corrected chi connectivity index (χ0v) is 16.1. The van der Waals surface area contributed by atoms with Crippen LogP contribution < -0.4 is 5.32 Å². The summed E-state index contributed by atoms with van der Waals surface area (Å²) in [7, 11) is 1.31. The number of nitrogens with zero attached hydrogens (tertiary/aromatic N) is 2. The highest BCUT2D eigenvalue weighted by atomic mass is 32.2. The van der Waals surface area contributed by atoms with Crippen LogP contribution in [0, 0.1) is 12.8 Å². The van der Waals surface area contributed by atoms with Gasteiger partial charge in [-0.3, -0.25) is 4.79 Å². The van der Waals surface area contributed by atoms with Crippen molar-refractivity contribution < 1.29 is 18.7 Å². The highest BCUT2D eigenvalue weighted by molar-refractivity contribution is 7.99. The van der Waals surface area contributed by atoms with E-state index in [1.165, 1.54) is 7.11 Å². The van der Waals surface area contributed by atoms with Crippen molar-refractivity contribution in [1.82, 2.24) is 15.5 Å². The van der Waals surface area contributed by atoms with Gasteiger partial charge in [-0.15, -0.1) is 10.2 Å². The Hall–Kier alpha value is -2.35. The molecule has 1 aromatic carbocycles. The summed E-state index contributed by atoms with van der Waals surface area (Å²) in [5, 5.41) is 11.0. The number of hydrogen-bond acceptors (Lipinski definition) is 7. The van der Waals surface area contributed by atoms with E-state index in [2.05, 4.69) is 15.5 Å². The molecule has 0 aliphatic heterocycles. The third kappa shape index (κ3) is 5.08. The van der Waals surface area contributed by atoms with E-state index < -0.39 is 12.0 Å². The van der Waals surface area contributed by atoms with Gasteiger partial charge in [-0.05, 0) is 24.5 Å². The largest absolute Gasteiger partial charge is 0.467 e. The van der Waals surface area contributed by atoms with Crippen molar-refractivity contribution >= 4 is 23.6 Å². The lowest BCUT2D eigenvalue weighted by Gasteiger charge is -2.21. The topological polar surface area (TPSA) is 94.3 Å². The van der Waals surface area contributed by atoms with E-state index in [1.54, 1.807) is 0 Å². The molecule has 0 bridgehead atoms. The van der Waals surface area contributed by atoms with E-state index in [0.717, 1.165) is 29.3 Å². The van der Waals surface area contributed by atoms with Gasteiger partial charge in [-0.1, -0.05) is 50.2 Å². The number of aromatic nitrogens is 2. The zero-order valence-electron chi connectivity index (χ0n) is 15.3. The summed E-state index contributed by atoms with van der Waals surface area (Å²) in [4.78, 5) is 24.0. The molecule has 2 aromatic rings. The van der Waals surface area contributed by atoms with Crippen molar-refractivity contribution in [1.29, 1.82) is 0 Å². The van der Waals surface area contributed by atoms with Crippen molar-refractivity contribution in [2.24, 2.45) is 5.92 Å². The number of nitrogens with one attached hydrogen (secondary N) is 1. The Labute approximate surface area is 156 Å². The van der Waals surface area contributed by atoms with Crippen molar-refractivity contribution in [3.63, 3.8) is 0 Å². The molecule has 1 amide bonds. The lowest BCUT2D eigenvalue weighted by Crippen LogP contribution is -2.46. The van der Waals surface area contributed by atoms with Gasteiger partial charge in [-0.25, -0.2) is 4.79 Å². The molecule has 0 saturated carbocycles. The minimum Gasteiger partial charge on any atom is -0.467 e. The molecule has 7 nitrogen and oxygen atoms in total. The van der Waals surface area contributed by atoms with Gasteiger partial charge in [0.15, 0.2) is 0 Å². The van der Waals surface area contributed by atoms with Crippen LogP contribution in [0.5, 0.6) is 0 Å². The number of amides is 1. The van der Waals surface area contributed by atoms with Gasteiger partial charge >= 0.3 is 5.97 Å². The normalized spacial score (nSPS) is 13.1. The van der Waals surface area contributed by atoms with Crippen LogP contribution in [0.25, 0.3) is 11.5 Å². The van der Waals surface area contributed by atoms with Gasteiger partial charge in [0, 0.05) is 5.56 Å². The molecule has 1 heterocycles. The second-order valence-corrected chi connectivity index (χ2v) is 6.86. The maximum atomic E-state index is 12.2. The van der Waals surface area contributed by atoms with Gasteiger partial charge in [0.1, 0.15) is 6.04 Å². The molecule has 0 spiro atoms. The van der Waals surface area contributed by atoms with E-state index in [-0.39, 0.29) is 17.6 Å². The molecule has 1 N–H and O–H groups in total. The van der Waals surface area contributed by atoms with Crippen molar-refractivity contribution in [3.05, 3.63) is 29.8 Å². The molecule has 8 heteroatoms. The predicted molar refractivity (Wildman–Crippen MR) is 98.6 cm³/mol. The Morgan fingerprint density at radius 3 is 2.69 bits per heavy atom. The molecule has 140 valence electrons. The summed E-state index contributed by atoms with van der Waals surface area (Å²) in [6.45, 7) is 5.80. The van der Waals surface area contributed by atoms with E-state index >= 15 is 0 Å². The van der Waals surface area contributed by atoms with E-state index in [9.17, 15) is 9.59 Å². The Morgan fingerprint density at radius 1 is 1.31 bits per heavy atom. The van der Waals surface area contributed by atoms with Gasteiger partial charge in [0.2, 0.25) is 11.8 Å². The summed E-state index contributed by atoms with van der Waals surface area (Å²) >= 11 is 1.13. The Kier molecular flexibility index (Phi) is 7.20.